The van der Waals surface area contributed by atoms with Crippen LogP contribution in [0.15, 0.2) is 18.2 Å². The van der Waals surface area contributed by atoms with E-state index >= 15 is 0 Å². The number of benzene rings is 1. The van der Waals surface area contributed by atoms with Gasteiger partial charge in [-0.2, -0.15) is 0 Å². The molecule has 0 unspecified atom stereocenters. The van der Waals surface area contributed by atoms with Crippen LogP contribution in [0.3, 0.4) is 0 Å². The predicted octanol–water partition coefficient (Wildman–Crippen LogP) is 0.711. The highest BCUT2D eigenvalue weighted by Crippen LogP contribution is 2.26. The number of hydrazine groups is 1. The molecule has 104 valence electrons. The van der Waals surface area contributed by atoms with Crippen molar-refractivity contribution in [1.82, 2.24) is 15.8 Å². The van der Waals surface area contributed by atoms with Gasteiger partial charge >= 0.3 is 11.8 Å². The molecule has 2 rings (SSSR count). The maximum atomic E-state index is 11.6. The SMILES string of the molecule is CC(=O)NNC(=O)C(=O)Nc1nc2ccc(C)cc2s1. The van der Waals surface area contributed by atoms with Crippen molar-refractivity contribution >= 4 is 44.4 Å². The summed E-state index contributed by atoms with van der Waals surface area (Å²) in [5, 5.41) is 2.71. The molecule has 0 radical (unpaired) electrons. The first-order valence-corrected chi connectivity index (χ1v) is 6.52. The van der Waals surface area contributed by atoms with E-state index < -0.39 is 17.7 Å². The third kappa shape index (κ3) is 3.29. The molecule has 8 heteroatoms. The molecule has 3 N–H and O–H groups in total. The second-order valence-electron chi connectivity index (χ2n) is 4.08. The molecule has 0 bridgehead atoms. The van der Waals surface area contributed by atoms with Crippen molar-refractivity contribution in [2.45, 2.75) is 13.8 Å². The first-order valence-electron chi connectivity index (χ1n) is 5.71. The third-order valence-corrected chi connectivity index (χ3v) is 3.26. The third-order valence-electron chi connectivity index (χ3n) is 2.32. The van der Waals surface area contributed by atoms with Gasteiger partial charge in [-0.05, 0) is 24.6 Å². The Kier molecular flexibility index (Phi) is 3.94. The lowest BCUT2D eigenvalue weighted by Crippen LogP contribution is -2.45. The van der Waals surface area contributed by atoms with Crippen LogP contribution in [0.2, 0.25) is 0 Å². The van der Waals surface area contributed by atoms with E-state index in [1.165, 1.54) is 18.3 Å². The summed E-state index contributed by atoms with van der Waals surface area (Å²) < 4.78 is 0.919. The minimum absolute atomic E-state index is 0.327. The fourth-order valence-corrected chi connectivity index (χ4v) is 2.40. The van der Waals surface area contributed by atoms with Crippen molar-refractivity contribution in [1.29, 1.82) is 0 Å². The zero-order valence-electron chi connectivity index (χ0n) is 10.8. The van der Waals surface area contributed by atoms with Crippen LogP contribution < -0.4 is 16.2 Å². The lowest BCUT2D eigenvalue weighted by atomic mass is 10.2. The number of nitrogens with one attached hydrogen (secondary N) is 3. The first kappa shape index (κ1) is 13.9. The van der Waals surface area contributed by atoms with Gasteiger partial charge in [0.1, 0.15) is 0 Å². The number of amides is 3. The van der Waals surface area contributed by atoms with Crippen molar-refractivity contribution in [2.75, 3.05) is 5.32 Å². The van der Waals surface area contributed by atoms with E-state index in [-0.39, 0.29) is 0 Å². The number of aryl methyl sites for hydroxylation is 1. The standard InChI is InChI=1S/C12H12N4O3S/c1-6-3-4-8-9(5-6)20-12(13-8)14-10(18)11(19)16-15-7(2)17/h3-5H,1-2H3,(H,15,17)(H,16,19)(H,13,14,18). The minimum atomic E-state index is -0.962. The summed E-state index contributed by atoms with van der Waals surface area (Å²) in [6.07, 6.45) is 0. The highest BCUT2D eigenvalue weighted by Gasteiger charge is 2.15. The Morgan fingerprint density at radius 1 is 1.15 bits per heavy atom. The molecule has 0 aliphatic rings. The summed E-state index contributed by atoms with van der Waals surface area (Å²) in [7, 11) is 0. The summed E-state index contributed by atoms with van der Waals surface area (Å²) >= 11 is 1.27. The van der Waals surface area contributed by atoms with Crippen LogP contribution in [0.25, 0.3) is 10.2 Å². The molecule has 1 aromatic heterocycles. The second-order valence-corrected chi connectivity index (χ2v) is 5.11. The monoisotopic (exact) mass is 292 g/mol. The number of aromatic nitrogens is 1. The number of rotatable bonds is 1. The Bertz CT molecular complexity index is 695. The first-order chi connectivity index (χ1) is 9.45. The molecular weight excluding hydrogens is 280 g/mol. The zero-order valence-corrected chi connectivity index (χ0v) is 11.6. The molecule has 0 fully saturated rings. The Hall–Kier alpha value is -2.48. The van der Waals surface area contributed by atoms with Gasteiger partial charge in [-0.25, -0.2) is 4.98 Å². The number of fused-ring (bicyclic) bond motifs is 1. The normalized spacial score (nSPS) is 10.1. The van der Waals surface area contributed by atoms with Crippen molar-refractivity contribution < 1.29 is 14.4 Å². The number of hydrogen-bond donors (Lipinski definition) is 3. The van der Waals surface area contributed by atoms with Crippen molar-refractivity contribution in [3.8, 4) is 0 Å². The van der Waals surface area contributed by atoms with Crippen LogP contribution in [0, 0.1) is 6.92 Å². The van der Waals surface area contributed by atoms with Gasteiger partial charge in [-0.3, -0.25) is 30.6 Å². The van der Waals surface area contributed by atoms with Crippen LogP contribution in [-0.4, -0.2) is 22.7 Å². The number of thiazole rings is 1. The molecule has 1 heterocycles. The lowest BCUT2D eigenvalue weighted by molar-refractivity contribution is -0.138. The topological polar surface area (TPSA) is 100 Å². The summed E-state index contributed by atoms with van der Waals surface area (Å²) in [4.78, 5) is 37.7. The Morgan fingerprint density at radius 3 is 2.60 bits per heavy atom. The number of carbonyl (C=O) groups excluding carboxylic acids is 3. The molecule has 0 saturated carbocycles. The number of carbonyl (C=O) groups is 3. The molecule has 0 aliphatic heterocycles. The molecule has 0 aliphatic carbocycles. The van der Waals surface area contributed by atoms with Gasteiger partial charge in [-0.15, -0.1) is 0 Å². The van der Waals surface area contributed by atoms with Crippen LogP contribution in [0.5, 0.6) is 0 Å². The molecule has 20 heavy (non-hydrogen) atoms. The highest BCUT2D eigenvalue weighted by molar-refractivity contribution is 7.22. The van der Waals surface area contributed by atoms with Gasteiger partial charge in [-0.1, -0.05) is 17.4 Å². The van der Waals surface area contributed by atoms with Gasteiger partial charge in [0.05, 0.1) is 10.2 Å². The predicted molar refractivity (Wildman–Crippen MR) is 74.9 cm³/mol. The largest absolute Gasteiger partial charge is 0.328 e. The maximum Gasteiger partial charge on any atom is 0.328 e. The van der Waals surface area contributed by atoms with Crippen LogP contribution in [-0.2, 0) is 14.4 Å². The summed E-state index contributed by atoms with van der Waals surface area (Å²) in [6, 6.07) is 5.70. The van der Waals surface area contributed by atoms with E-state index in [0.717, 1.165) is 15.8 Å². The van der Waals surface area contributed by atoms with Gasteiger partial charge in [0.15, 0.2) is 5.13 Å². The molecule has 0 atom stereocenters. The molecule has 1 aromatic carbocycles. The average Bonchev–Trinajstić information content (AvgIpc) is 2.76. The van der Waals surface area contributed by atoms with Crippen LogP contribution in [0.1, 0.15) is 12.5 Å². The minimum Gasteiger partial charge on any atom is -0.294 e. The smallest absolute Gasteiger partial charge is 0.294 e. The molecule has 0 saturated heterocycles. The molecule has 3 amide bonds. The Morgan fingerprint density at radius 2 is 1.90 bits per heavy atom. The molecule has 2 aromatic rings. The Balaban J connectivity index is 2.06. The fourth-order valence-electron chi connectivity index (χ4n) is 1.44. The van der Waals surface area contributed by atoms with Crippen LogP contribution in [0.4, 0.5) is 5.13 Å². The highest BCUT2D eigenvalue weighted by atomic mass is 32.1. The van der Waals surface area contributed by atoms with Gasteiger partial charge in [0.25, 0.3) is 0 Å². The van der Waals surface area contributed by atoms with Crippen molar-refractivity contribution in [3.63, 3.8) is 0 Å². The van der Waals surface area contributed by atoms with E-state index in [9.17, 15) is 14.4 Å². The molecular formula is C12H12N4O3S. The number of hydrogen-bond acceptors (Lipinski definition) is 5. The fraction of sp³-hybridized carbons (Fsp3) is 0.167. The quantitative estimate of drug-likeness (QED) is 0.532. The van der Waals surface area contributed by atoms with Crippen LogP contribution >= 0.6 is 11.3 Å². The van der Waals surface area contributed by atoms with E-state index in [4.69, 9.17) is 0 Å². The Labute approximate surface area is 118 Å². The summed E-state index contributed by atoms with van der Waals surface area (Å²) in [5.74, 6) is -2.33. The van der Waals surface area contributed by atoms with E-state index in [2.05, 4.69) is 10.3 Å². The van der Waals surface area contributed by atoms with Gasteiger partial charge in [0.2, 0.25) is 5.91 Å². The maximum absolute atomic E-state index is 11.6. The van der Waals surface area contributed by atoms with Crippen molar-refractivity contribution in [2.24, 2.45) is 0 Å². The van der Waals surface area contributed by atoms with E-state index in [0.29, 0.717) is 5.13 Å². The molecule has 0 spiro atoms. The second kappa shape index (κ2) is 5.66. The van der Waals surface area contributed by atoms with Crippen molar-refractivity contribution in [3.05, 3.63) is 23.8 Å². The average molecular weight is 292 g/mol. The van der Waals surface area contributed by atoms with E-state index in [1.807, 2.05) is 36.0 Å². The zero-order chi connectivity index (χ0) is 14.7. The lowest BCUT2D eigenvalue weighted by Gasteiger charge is -2.03. The van der Waals surface area contributed by atoms with E-state index in [1.54, 1.807) is 0 Å². The van der Waals surface area contributed by atoms with Gasteiger partial charge < -0.3 is 0 Å². The summed E-state index contributed by atoms with van der Waals surface area (Å²) in [6.45, 7) is 3.17. The number of nitrogens with zero attached hydrogens (tertiary/aromatic N) is 1. The number of anilines is 1. The van der Waals surface area contributed by atoms with Gasteiger partial charge in [0, 0.05) is 6.92 Å². The summed E-state index contributed by atoms with van der Waals surface area (Å²) in [5.41, 5.74) is 5.83. The molecule has 7 nitrogen and oxygen atoms in total.